The van der Waals surface area contributed by atoms with Crippen LogP contribution in [0.1, 0.15) is 10.4 Å². The van der Waals surface area contributed by atoms with Gasteiger partial charge in [-0.25, -0.2) is 4.98 Å². The highest BCUT2D eigenvalue weighted by Crippen LogP contribution is 2.22. The lowest BCUT2D eigenvalue weighted by Gasteiger charge is -2.16. The van der Waals surface area contributed by atoms with Crippen molar-refractivity contribution in [1.82, 2.24) is 10.3 Å². The van der Waals surface area contributed by atoms with Crippen molar-refractivity contribution >= 4 is 46.4 Å². The number of aromatic nitrogens is 1. The monoisotopic (exact) mass is 373 g/mol. The Morgan fingerprint density at radius 2 is 2.08 bits per heavy atom. The van der Waals surface area contributed by atoms with E-state index in [1.54, 1.807) is 12.3 Å². The molecule has 2 heterocycles. The van der Waals surface area contributed by atoms with Crippen LogP contribution in [-0.4, -0.2) is 39.9 Å². The van der Waals surface area contributed by atoms with Crippen LogP contribution in [0.25, 0.3) is 11.0 Å². The SMILES string of the molecule is Cc1cnc(NC(=O)C(=O)N[C@@H](Cc2coc3ccccc23)B(O)O)s1. The molecule has 0 aliphatic carbocycles. The van der Waals surface area contributed by atoms with E-state index in [-0.39, 0.29) is 6.42 Å². The molecule has 8 nitrogen and oxygen atoms in total. The number of nitrogens with zero attached hydrogens (tertiary/aromatic N) is 1. The molecule has 3 aromatic rings. The number of benzene rings is 1. The van der Waals surface area contributed by atoms with Crippen LogP contribution in [-0.2, 0) is 16.0 Å². The van der Waals surface area contributed by atoms with Crippen molar-refractivity contribution in [2.45, 2.75) is 19.3 Å². The average Bonchev–Trinajstić information content (AvgIpc) is 3.20. The number of nitrogens with one attached hydrogen (secondary N) is 2. The first-order valence-corrected chi connectivity index (χ1v) is 8.61. The highest BCUT2D eigenvalue weighted by Gasteiger charge is 2.29. The minimum atomic E-state index is -1.84. The zero-order chi connectivity index (χ0) is 18.7. The molecular weight excluding hydrogens is 357 g/mol. The van der Waals surface area contributed by atoms with Crippen LogP contribution in [0, 0.1) is 6.92 Å². The van der Waals surface area contributed by atoms with E-state index in [1.807, 2.05) is 25.1 Å². The number of para-hydroxylation sites is 1. The summed E-state index contributed by atoms with van der Waals surface area (Å²) in [4.78, 5) is 28.9. The normalized spacial score (nSPS) is 12.0. The molecule has 0 bridgehead atoms. The van der Waals surface area contributed by atoms with E-state index in [0.29, 0.717) is 16.3 Å². The lowest BCUT2D eigenvalue weighted by atomic mass is 9.76. The number of aryl methyl sites for hydroxylation is 1. The summed E-state index contributed by atoms with van der Waals surface area (Å²) in [5.41, 5.74) is 1.34. The maximum atomic E-state index is 12.1. The Morgan fingerprint density at radius 3 is 2.77 bits per heavy atom. The highest BCUT2D eigenvalue weighted by atomic mass is 32.1. The fourth-order valence-corrected chi connectivity index (χ4v) is 3.12. The van der Waals surface area contributed by atoms with Crippen molar-refractivity contribution < 1.29 is 24.1 Å². The summed E-state index contributed by atoms with van der Waals surface area (Å²) in [6, 6.07) is 7.26. The van der Waals surface area contributed by atoms with Crippen molar-refractivity contribution in [3.8, 4) is 0 Å². The second-order valence-electron chi connectivity index (χ2n) is 5.68. The van der Waals surface area contributed by atoms with Gasteiger partial charge in [-0.1, -0.05) is 18.2 Å². The van der Waals surface area contributed by atoms with Crippen LogP contribution in [0.15, 0.2) is 41.1 Å². The van der Waals surface area contributed by atoms with Crippen molar-refractivity contribution in [3.63, 3.8) is 0 Å². The molecule has 1 aromatic carbocycles. The van der Waals surface area contributed by atoms with Crippen molar-refractivity contribution in [3.05, 3.63) is 47.2 Å². The number of rotatable bonds is 5. The van der Waals surface area contributed by atoms with Crippen molar-refractivity contribution in [2.75, 3.05) is 5.32 Å². The van der Waals surface area contributed by atoms with Crippen molar-refractivity contribution in [1.29, 1.82) is 0 Å². The lowest BCUT2D eigenvalue weighted by Crippen LogP contribution is -2.51. The highest BCUT2D eigenvalue weighted by molar-refractivity contribution is 7.15. The van der Waals surface area contributed by atoms with Gasteiger partial charge >= 0.3 is 18.9 Å². The number of thiazole rings is 1. The molecule has 0 aliphatic heterocycles. The van der Waals surface area contributed by atoms with Gasteiger partial charge in [0.2, 0.25) is 0 Å². The predicted molar refractivity (Wildman–Crippen MR) is 97.5 cm³/mol. The number of furan rings is 1. The molecule has 0 saturated carbocycles. The maximum absolute atomic E-state index is 12.1. The standard InChI is InChI=1S/C16H16BN3O5S/c1-9-7-18-16(26-9)20-15(22)14(21)19-13(17(23)24)6-10-8-25-12-5-3-2-4-11(10)12/h2-5,7-8,13,23-24H,6H2,1H3,(H,19,21)(H,18,20,22)/t13-/m0/s1. The maximum Gasteiger partial charge on any atom is 0.475 e. The molecule has 0 spiro atoms. The number of hydrogen-bond acceptors (Lipinski definition) is 7. The van der Waals surface area contributed by atoms with Gasteiger partial charge in [-0.2, -0.15) is 0 Å². The molecule has 0 radical (unpaired) electrons. The summed E-state index contributed by atoms with van der Waals surface area (Å²) >= 11 is 1.23. The summed E-state index contributed by atoms with van der Waals surface area (Å²) in [5.74, 6) is -2.99. The molecule has 3 rings (SSSR count). The first-order chi connectivity index (χ1) is 12.4. The first-order valence-electron chi connectivity index (χ1n) is 7.79. The van der Waals surface area contributed by atoms with Gasteiger partial charge in [-0.05, 0) is 25.0 Å². The molecule has 0 fully saturated rings. The Morgan fingerprint density at radius 1 is 1.31 bits per heavy atom. The molecule has 2 aromatic heterocycles. The Labute approximate surface area is 153 Å². The van der Waals surface area contributed by atoms with E-state index in [1.165, 1.54) is 17.6 Å². The Balaban J connectivity index is 1.68. The second kappa shape index (κ2) is 7.69. The number of hydrogen-bond donors (Lipinski definition) is 4. The van der Waals surface area contributed by atoms with Crippen molar-refractivity contribution in [2.24, 2.45) is 0 Å². The number of fused-ring (bicyclic) bond motifs is 1. The molecule has 10 heteroatoms. The Hall–Kier alpha value is -2.69. The lowest BCUT2D eigenvalue weighted by molar-refractivity contribution is -0.136. The van der Waals surface area contributed by atoms with E-state index >= 15 is 0 Å². The molecule has 0 unspecified atom stereocenters. The first kappa shape index (κ1) is 18.1. The van der Waals surface area contributed by atoms with E-state index in [4.69, 9.17) is 4.42 Å². The van der Waals surface area contributed by atoms with E-state index in [9.17, 15) is 19.6 Å². The number of carbonyl (C=O) groups is 2. The molecule has 0 saturated heterocycles. The van der Waals surface area contributed by atoms with Gasteiger partial charge < -0.3 is 19.8 Å². The molecule has 26 heavy (non-hydrogen) atoms. The van der Waals surface area contributed by atoms with Gasteiger partial charge in [0, 0.05) is 16.5 Å². The topological polar surface area (TPSA) is 125 Å². The summed E-state index contributed by atoms with van der Waals surface area (Å²) in [6.07, 6.45) is 3.15. The van der Waals surface area contributed by atoms with Crippen LogP contribution in [0.2, 0.25) is 0 Å². The summed E-state index contributed by atoms with van der Waals surface area (Å²) in [7, 11) is -1.84. The average molecular weight is 373 g/mol. The Kier molecular flexibility index (Phi) is 5.36. The van der Waals surface area contributed by atoms with Crippen LogP contribution < -0.4 is 10.6 Å². The van der Waals surface area contributed by atoms with Crippen LogP contribution in [0.5, 0.6) is 0 Å². The van der Waals surface area contributed by atoms with Gasteiger partial charge in [0.05, 0.1) is 12.2 Å². The van der Waals surface area contributed by atoms with Gasteiger partial charge in [-0.15, -0.1) is 11.3 Å². The molecule has 4 N–H and O–H groups in total. The largest absolute Gasteiger partial charge is 0.475 e. The summed E-state index contributed by atoms with van der Waals surface area (Å²) in [6.45, 7) is 1.82. The van der Waals surface area contributed by atoms with Crippen LogP contribution in [0.3, 0.4) is 0 Å². The third-order valence-electron chi connectivity index (χ3n) is 3.73. The molecule has 0 aliphatic rings. The summed E-state index contributed by atoms with van der Waals surface area (Å²) < 4.78 is 5.40. The molecular formula is C16H16BN3O5S. The molecule has 134 valence electrons. The molecule has 2 amide bonds. The minimum Gasteiger partial charge on any atom is -0.464 e. The van der Waals surface area contributed by atoms with E-state index < -0.39 is 24.9 Å². The van der Waals surface area contributed by atoms with Gasteiger partial charge in [-0.3, -0.25) is 14.9 Å². The second-order valence-corrected chi connectivity index (χ2v) is 6.92. The van der Waals surface area contributed by atoms with Crippen LogP contribution in [0.4, 0.5) is 5.13 Å². The van der Waals surface area contributed by atoms with E-state index in [0.717, 1.165) is 10.3 Å². The third-order valence-corrected chi connectivity index (χ3v) is 4.55. The zero-order valence-corrected chi connectivity index (χ0v) is 14.6. The fraction of sp³-hybridized carbons (Fsp3) is 0.188. The van der Waals surface area contributed by atoms with Crippen LogP contribution >= 0.6 is 11.3 Å². The number of carbonyl (C=O) groups excluding carboxylic acids is 2. The van der Waals surface area contributed by atoms with Gasteiger partial charge in [0.25, 0.3) is 0 Å². The third kappa shape index (κ3) is 4.10. The molecule has 1 atom stereocenters. The quantitative estimate of drug-likeness (QED) is 0.389. The van der Waals surface area contributed by atoms with Gasteiger partial charge in [0.1, 0.15) is 5.58 Å². The minimum absolute atomic E-state index is 0.0874. The predicted octanol–water partition coefficient (Wildman–Crippen LogP) is 0.876. The van der Waals surface area contributed by atoms with E-state index in [2.05, 4.69) is 15.6 Å². The zero-order valence-electron chi connectivity index (χ0n) is 13.8. The van der Waals surface area contributed by atoms with Gasteiger partial charge in [0.15, 0.2) is 5.13 Å². The number of amides is 2. The summed E-state index contributed by atoms with van der Waals surface area (Å²) in [5, 5.41) is 24.9. The Bertz CT molecular complexity index is 939. The number of anilines is 1. The smallest absolute Gasteiger partial charge is 0.464 e. The fourth-order valence-electron chi connectivity index (χ4n) is 2.46.